The van der Waals surface area contributed by atoms with Gasteiger partial charge in [-0.25, -0.2) is 4.39 Å². The quantitative estimate of drug-likeness (QED) is 0.782. The monoisotopic (exact) mass is 252 g/mol. The molecule has 1 rings (SSSR count). The maximum atomic E-state index is 13.4. The number of carbonyl (C=O) groups is 2. The van der Waals surface area contributed by atoms with Crippen LogP contribution in [0.2, 0.25) is 0 Å². The Balaban J connectivity index is 2.78. The van der Waals surface area contributed by atoms with Crippen LogP contribution in [0.1, 0.15) is 23.7 Å². The lowest BCUT2D eigenvalue weighted by atomic mass is 10.1. The number of amides is 1. The van der Waals surface area contributed by atoms with E-state index in [0.717, 1.165) is 6.42 Å². The first kappa shape index (κ1) is 14.2. The summed E-state index contributed by atoms with van der Waals surface area (Å²) in [7, 11) is 1.65. The highest BCUT2D eigenvalue weighted by Crippen LogP contribution is 2.20. The second kappa shape index (κ2) is 6.74. The van der Waals surface area contributed by atoms with Crippen molar-refractivity contribution in [2.45, 2.75) is 13.3 Å². The zero-order chi connectivity index (χ0) is 13.5. The molecule has 1 N–H and O–H groups in total. The molecule has 0 radical (unpaired) electrons. The minimum Gasteiger partial charge on any atom is -0.365 e. The van der Waals surface area contributed by atoms with Crippen molar-refractivity contribution in [3.05, 3.63) is 29.6 Å². The molecule has 0 heterocycles. The van der Waals surface area contributed by atoms with Gasteiger partial charge in [0.15, 0.2) is 6.29 Å². The number of rotatable bonds is 6. The van der Waals surface area contributed by atoms with Crippen LogP contribution in [0.25, 0.3) is 0 Å². The van der Waals surface area contributed by atoms with E-state index in [0.29, 0.717) is 18.5 Å². The van der Waals surface area contributed by atoms with E-state index in [4.69, 9.17) is 0 Å². The summed E-state index contributed by atoms with van der Waals surface area (Å²) in [5.74, 6) is -0.733. The summed E-state index contributed by atoms with van der Waals surface area (Å²) in [6.45, 7) is 2.65. The van der Waals surface area contributed by atoms with Gasteiger partial charge in [-0.3, -0.25) is 9.59 Å². The molecular formula is C13H17FN2O2. The van der Waals surface area contributed by atoms with Crippen molar-refractivity contribution in [3.63, 3.8) is 0 Å². The van der Waals surface area contributed by atoms with E-state index in [9.17, 15) is 14.0 Å². The normalized spacial score (nSPS) is 9.94. The van der Waals surface area contributed by atoms with Crippen LogP contribution in [0.3, 0.4) is 0 Å². The van der Waals surface area contributed by atoms with Gasteiger partial charge in [0.1, 0.15) is 5.82 Å². The molecule has 1 amide bonds. The number of anilines is 1. The predicted molar refractivity (Wildman–Crippen MR) is 68.4 cm³/mol. The Kier molecular flexibility index (Phi) is 5.30. The highest BCUT2D eigenvalue weighted by molar-refractivity contribution is 5.87. The number of halogens is 1. The Hall–Kier alpha value is -1.91. The molecule has 0 aliphatic carbocycles. The van der Waals surface area contributed by atoms with E-state index in [-0.39, 0.29) is 18.0 Å². The van der Waals surface area contributed by atoms with Crippen molar-refractivity contribution in [3.8, 4) is 0 Å². The fraction of sp³-hybridized carbons (Fsp3) is 0.385. The van der Waals surface area contributed by atoms with Crippen LogP contribution in [0.5, 0.6) is 0 Å². The summed E-state index contributed by atoms with van der Waals surface area (Å²) in [4.78, 5) is 23.9. The zero-order valence-corrected chi connectivity index (χ0v) is 10.6. The Bertz CT molecular complexity index is 435. The molecule has 98 valence electrons. The summed E-state index contributed by atoms with van der Waals surface area (Å²) in [5.41, 5.74) is 0.389. The number of benzene rings is 1. The number of aldehydes is 1. The largest absolute Gasteiger partial charge is 0.365 e. The van der Waals surface area contributed by atoms with Gasteiger partial charge in [0, 0.05) is 13.6 Å². The third-order valence-corrected chi connectivity index (χ3v) is 2.51. The minimum absolute atomic E-state index is 0.0247. The average Bonchev–Trinajstić information content (AvgIpc) is 2.35. The van der Waals surface area contributed by atoms with Crippen molar-refractivity contribution in [2.24, 2.45) is 0 Å². The van der Waals surface area contributed by atoms with E-state index in [2.05, 4.69) is 5.32 Å². The average molecular weight is 252 g/mol. The summed E-state index contributed by atoms with van der Waals surface area (Å²) >= 11 is 0. The second-order valence-corrected chi connectivity index (χ2v) is 4.00. The number of likely N-dealkylation sites (N-methyl/N-ethyl adjacent to an activating group) is 1. The van der Waals surface area contributed by atoms with Crippen molar-refractivity contribution >= 4 is 17.9 Å². The fourth-order valence-corrected chi connectivity index (χ4v) is 1.60. The molecular weight excluding hydrogens is 235 g/mol. The van der Waals surface area contributed by atoms with Gasteiger partial charge in [-0.2, -0.15) is 0 Å². The number of nitrogens with one attached hydrogen (secondary N) is 1. The van der Waals surface area contributed by atoms with Crippen LogP contribution in [-0.4, -0.2) is 32.3 Å². The van der Waals surface area contributed by atoms with E-state index in [1.165, 1.54) is 12.1 Å². The Labute approximate surface area is 106 Å². The Morgan fingerprint density at radius 2 is 2.22 bits per heavy atom. The molecule has 0 bridgehead atoms. The molecule has 1 aromatic rings. The molecule has 0 atom stereocenters. The van der Waals surface area contributed by atoms with Crippen molar-refractivity contribution in [2.75, 3.05) is 25.0 Å². The molecule has 0 spiro atoms. The van der Waals surface area contributed by atoms with Gasteiger partial charge in [-0.05, 0) is 18.6 Å². The van der Waals surface area contributed by atoms with E-state index < -0.39 is 5.82 Å². The van der Waals surface area contributed by atoms with Crippen molar-refractivity contribution < 1.29 is 14.0 Å². The van der Waals surface area contributed by atoms with Crippen LogP contribution in [0.15, 0.2) is 18.2 Å². The molecule has 4 nitrogen and oxygen atoms in total. The lowest BCUT2D eigenvalue weighted by Gasteiger charge is -2.20. The SMILES string of the molecule is CCCNC(=O)CN(C)c1cccc(F)c1C=O. The molecule has 0 saturated heterocycles. The number of hydrogen-bond donors (Lipinski definition) is 1. The maximum absolute atomic E-state index is 13.4. The summed E-state index contributed by atoms with van der Waals surface area (Å²) in [6.07, 6.45) is 1.32. The zero-order valence-electron chi connectivity index (χ0n) is 10.6. The highest BCUT2D eigenvalue weighted by Gasteiger charge is 2.13. The third kappa shape index (κ3) is 3.55. The van der Waals surface area contributed by atoms with Gasteiger partial charge in [0.25, 0.3) is 0 Å². The van der Waals surface area contributed by atoms with Crippen LogP contribution >= 0.6 is 0 Å². The van der Waals surface area contributed by atoms with Crippen molar-refractivity contribution in [1.29, 1.82) is 0 Å². The third-order valence-electron chi connectivity index (χ3n) is 2.51. The van der Waals surface area contributed by atoms with E-state index in [1.54, 1.807) is 18.0 Å². The van der Waals surface area contributed by atoms with Gasteiger partial charge in [-0.1, -0.05) is 13.0 Å². The van der Waals surface area contributed by atoms with Crippen LogP contribution in [-0.2, 0) is 4.79 Å². The van der Waals surface area contributed by atoms with Gasteiger partial charge < -0.3 is 10.2 Å². The molecule has 0 aliphatic rings. The lowest BCUT2D eigenvalue weighted by Crippen LogP contribution is -2.35. The smallest absolute Gasteiger partial charge is 0.239 e. The molecule has 0 aromatic heterocycles. The first-order chi connectivity index (χ1) is 8.60. The molecule has 0 aliphatic heterocycles. The van der Waals surface area contributed by atoms with E-state index >= 15 is 0 Å². The first-order valence-electron chi connectivity index (χ1n) is 5.81. The van der Waals surface area contributed by atoms with Gasteiger partial charge in [0.05, 0.1) is 17.8 Å². The summed E-state index contributed by atoms with van der Waals surface area (Å²) in [6, 6.07) is 4.34. The summed E-state index contributed by atoms with van der Waals surface area (Å²) < 4.78 is 13.4. The van der Waals surface area contributed by atoms with Gasteiger partial charge in [0.2, 0.25) is 5.91 Å². The maximum Gasteiger partial charge on any atom is 0.239 e. The molecule has 5 heteroatoms. The van der Waals surface area contributed by atoms with Crippen molar-refractivity contribution in [1.82, 2.24) is 5.32 Å². The molecule has 1 aromatic carbocycles. The number of carbonyl (C=O) groups excluding carboxylic acids is 2. The van der Waals surface area contributed by atoms with Gasteiger partial charge in [-0.15, -0.1) is 0 Å². The molecule has 0 saturated carbocycles. The first-order valence-corrected chi connectivity index (χ1v) is 5.81. The standard InChI is InChI=1S/C13H17FN2O2/c1-3-7-15-13(18)8-16(2)12-6-4-5-11(14)10(12)9-17/h4-6,9H,3,7-8H2,1-2H3,(H,15,18). The molecule has 0 unspecified atom stereocenters. The minimum atomic E-state index is -0.580. The highest BCUT2D eigenvalue weighted by atomic mass is 19.1. The Morgan fingerprint density at radius 1 is 1.50 bits per heavy atom. The fourth-order valence-electron chi connectivity index (χ4n) is 1.60. The van der Waals surface area contributed by atoms with Crippen LogP contribution in [0.4, 0.5) is 10.1 Å². The predicted octanol–water partition coefficient (Wildman–Crippen LogP) is 1.60. The summed E-state index contributed by atoms with van der Waals surface area (Å²) in [5, 5.41) is 2.72. The molecule has 18 heavy (non-hydrogen) atoms. The van der Waals surface area contributed by atoms with Gasteiger partial charge >= 0.3 is 0 Å². The number of nitrogens with zero attached hydrogens (tertiary/aromatic N) is 1. The van der Waals surface area contributed by atoms with Crippen LogP contribution < -0.4 is 10.2 Å². The molecule has 0 fully saturated rings. The van der Waals surface area contributed by atoms with E-state index in [1.807, 2.05) is 6.92 Å². The topological polar surface area (TPSA) is 49.4 Å². The number of hydrogen-bond acceptors (Lipinski definition) is 3. The second-order valence-electron chi connectivity index (χ2n) is 4.00. The Morgan fingerprint density at radius 3 is 2.83 bits per heavy atom. The van der Waals surface area contributed by atoms with Crippen LogP contribution in [0, 0.1) is 5.82 Å². The lowest BCUT2D eigenvalue weighted by molar-refractivity contribution is -0.119.